The second kappa shape index (κ2) is 10.1. The van der Waals surface area contributed by atoms with Crippen LogP contribution in [0.5, 0.6) is 0 Å². The van der Waals surface area contributed by atoms with Gasteiger partial charge in [0, 0.05) is 28.6 Å². The van der Waals surface area contributed by atoms with Crippen molar-refractivity contribution in [3.63, 3.8) is 0 Å². The molecule has 38 heavy (non-hydrogen) atoms. The fraction of sp³-hybridized carbons (Fsp3) is 0.357. The molecular weight excluding hydrogens is 500 g/mol. The lowest BCUT2D eigenvalue weighted by Crippen LogP contribution is -2.35. The summed E-state index contributed by atoms with van der Waals surface area (Å²) in [5.41, 5.74) is 4.04. The molecule has 10 heteroatoms. The maximum absolute atomic E-state index is 13.1. The summed E-state index contributed by atoms with van der Waals surface area (Å²) in [6.45, 7) is 2.44. The Bertz CT molecular complexity index is 1600. The minimum atomic E-state index is -0.400. The van der Waals surface area contributed by atoms with E-state index in [9.17, 15) is 14.4 Å². The SMILES string of the molecule is Cc1sc(NC(=O)Cn2nnc3ccccc3c2=O)nc1-c1ccc2c(c1)CCN2C(=O)C1CCCCC1. The number of aryl methyl sites for hydroxylation is 1. The number of anilines is 2. The van der Waals surface area contributed by atoms with Crippen LogP contribution in [-0.4, -0.2) is 38.3 Å². The third kappa shape index (κ3) is 4.60. The molecule has 0 saturated heterocycles. The van der Waals surface area contributed by atoms with Crippen molar-refractivity contribution in [2.24, 2.45) is 5.92 Å². The molecule has 0 bridgehead atoms. The van der Waals surface area contributed by atoms with Crippen LogP contribution in [0.25, 0.3) is 22.2 Å². The number of hydrogen-bond acceptors (Lipinski definition) is 7. The van der Waals surface area contributed by atoms with Crippen LogP contribution in [-0.2, 0) is 22.6 Å². The first kappa shape index (κ1) is 24.4. The molecule has 0 radical (unpaired) electrons. The monoisotopic (exact) mass is 528 g/mol. The predicted molar refractivity (Wildman–Crippen MR) is 147 cm³/mol. The van der Waals surface area contributed by atoms with Crippen molar-refractivity contribution in [2.75, 3.05) is 16.8 Å². The van der Waals surface area contributed by atoms with Gasteiger partial charge in [0.1, 0.15) is 12.1 Å². The maximum atomic E-state index is 13.1. The zero-order valence-corrected chi connectivity index (χ0v) is 22.0. The average Bonchev–Trinajstić information content (AvgIpc) is 3.53. The Kier molecular flexibility index (Phi) is 6.49. The van der Waals surface area contributed by atoms with Gasteiger partial charge in [0.2, 0.25) is 11.8 Å². The van der Waals surface area contributed by atoms with Gasteiger partial charge in [0.25, 0.3) is 5.56 Å². The number of fused-ring (bicyclic) bond motifs is 2. The van der Waals surface area contributed by atoms with E-state index < -0.39 is 5.91 Å². The second-order valence-electron chi connectivity index (χ2n) is 9.96. The van der Waals surface area contributed by atoms with Crippen molar-refractivity contribution in [3.05, 3.63) is 63.3 Å². The number of benzene rings is 2. The molecule has 0 atom stereocenters. The molecule has 2 aromatic heterocycles. The average molecular weight is 529 g/mol. The molecule has 2 aliphatic rings. The first-order chi connectivity index (χ1) is 18.5. The standard InChI is InChI=1S/C28H28N6O3S/c1-17-25(20-11-12-23-19(15-20)13-14-33(23)26(36)18-7-3-2-4-8-18)30-28(38-17)29-24(35)16-34-27(37)21-9-5-6-10-22(21)31-32-34/h5-6,9-12,15,18H,2-4,7-8,13-14,16H2,1H3,(H,29,30,35). The smallest absolute Gasteiger partial charge is 0.278 e. The number of rotatable bonds is 5. The van der Waals surface area contributed by atoms with Crippen LogP contribution >= 0.6 is 11.3 Å². The third-order valence-electron chi connectivity index (χ3n) is 7.43. The number of carbonyl (C=O) groups is 2. The zero-order chi connectivity index (χ0) is 26.2. The highest BCUT2D eigenvalue weighted by molar-refractivity contribution is 7.16. The Labute approximate surface area is 223 Å². The fourth-order valence-corrected chi connectivity index (χ4v) is 6.34. The molecule has 2 aromatic carbocycles. The molecule has 1 N–H and O–H groups in total. The highest BCUT2D eigenvalue weighted by atomic mass is 32.1. The normalized spacial score (nSPS) is 15.6. The van der Waals surface area contributed by atoms with Crippen LogP contribution < -0.4 is 15.8 Å². The van der Waals surface area contributed by atoms with Crippen molar-refractivity contribution in [3.8, 4) is 11.3 Å². The van der Waals surface area contributed by atoms with Crippen molar-refractivity contribution in [1.29, 1.82) is 0 Å². The van der Waals surface area contributed by atoms with E-state index in [-0.39, 0.29) is 23.9 Å². The van der Waals surface area contributed by atoms with Crippen molar-refractivity contribution in [1.82, 2.24) is 20.0 Å². The molecule has 4 aromatic rings. The number of amides is 2. The molecule has 1 fully saturated rings. The molecular formula is C28H28N6O3S. The summed E-state index contributed by atoms with van der Waals surface area (Å²) in [5.74, 6) is 0.0156. The van der Waals surface area contributed by atoms with Crippen molar-refractivity contribution in [2.45, 2.75) is 52.0 Å². The number of nitrogens with zero attached hydrogens (tertiary/aromatic N) is 5. The van der Waals surface area contributed by atoms with Crippen LogP contribution in [0.2, 0.25) is 0 Å². The van der Waals surface area contributed by atoms with E-state index in [1.807, 2.05) is 24.0 Å². The van der Waals surface area contributed by atoms with Crippen LogP contribution in [0, 0.1) is 12.8 Å². The summed E-state index contributed by atoms with van der Waals surface area (Å²) in [7, 11) is 0. The quantitative estimate of drug-likeness (QED) is 0.413. The van der Waals surface area contributed by atoms with Crippen molar-refractivity contribution < 1.29 is 9.59 Å². The topological polar surface area (TPSA) is 110 Å². The van der Waals surface area contributed by atoms with Gasteiger partial charge in [-0.05, 0) is 56.0 Å². The third-order valence-corrected chi connectivity index (χ3v) is 8.32. The highest BCUT2D eigenvalue weighted by Gasteiger charge is 2.31. The first-order valence-corrected chi connectivity index (χ1v) is 13.8. The summed E-state index contributed by atoms with van der Waals surface area (Å²) in [6, 6.07) is 13.0. The Hall–Kier alpha value is -3.92. The Morgan fingerprint density at radius 1 is 1.11 bits per heavy atom. The summed E-state index contributed by atoms with van der Waals surface area (Å²) < 4.78 is 1.06. The predicted octanol–water partition coefficient (Wildman–Crippen LogP) is 4.33. The molecule has 2 amide bonds. The molecule has 1 aliphatic heterocycles. The molecule has 3 heterocycles. The van der Waals surface area contributed by atoms with E-state index in [1.54, 1.807) is 24.3 Å². The molecule has 1 aliphatic carbocycles. The first-order valence-electron chi connectivity index (χ1n) is 13.0. The van der Waals surface area contributed by atoms with E-state index in [4.69, 9.17) is 0 Å². The Balaban J connectivity index is 1.17. The van der Waals surface area contributed by atoms with Crippen molar-refractivity contribution >= 4 is 44.9 Å². The summed E-state index contributed by atoms with van der Waals surface area (Å²) in [6.07, 6.45) is 6.34. The minimum absolute atomic E-state index is 0.151. The molecule has 6 rings (SSSR count). The van der Waals surface area contributed by atoms with E-state index in [0.717, 1.165) is 70.7 Å². The largest absolute Gasteiger partial charge is 0.312 e. The lowest BCUT2D eigenvalue weighted by molar-refractivity contribution is -0.123. The van der Waals surface area contributed by atoms with Gasteiger partial charge in [0.15, 0.2) is 5.13 Å². The molecule has 0 unspecified atom stereocenters. The van der Waals surface area contributed by atoms with Crippen LogP contribution in [0.3, 0.4) is 0 Å². The van der Waals surface area contributed by atoms with E-state index in [1.165, 1.54) is 17.8 Å². The van der Waals surface area contributed by atoms with E-state index in [2.05, 4.69) is 26.7 Å². The molecule has 0 spiro atoms. The Morgan fingerprint density at radius 3 is 2.76 bits per heavy atom. The van der Waals surface area contributed by atoms with Gasteiger partial charge in [-0.1, -0.05) is 42.7 Å². The summed E-state index contributed by atoms with van der Waals surface area (Å²) in [4.78, 5) is 46.1. The molecule has 194 valence electrons. The van der Waals surface area contributed by atoms with E-state index >= 15 is 0 Å². The van der Waals surface area contributed by atoms with Crippen LogP contribution in [0.4, 0.5) is 10.8 Å². The lowest BCUT2D eigenvalue weighted by atomic mass is 9.88. The van der Waals surface area contributed by atoms with Gasteiger partial charge in [-0.15, -0.1) is 16.4 Å². The fourth-order valence-electron chi connectivity index (χ4n) is 5.49. The van der Waals surface area contributed by atoms with Gasteiger partial charge in [0.05, 0.1) is 11.1 Å². The maximum Gasteiger partial charge on any atom is 0.278 e. The zero-order valence-electron chi connectivity index (χ0n) is 21.1. The van der Waals surface area contributed by atoms with Gasteiger partial charge < -0.3 is 10.2 Å². The Morgan fingerprint density at radius 2 is 1.92 bits per heavy atom. The highest BCUT2D eigenvalue weighted by Crippen LogP contribution is 2.37. The summed E-state index contributed by atoms with van der Waals surface area (Å²) in [5, 5.41) is 11.6. The summed E-state index contributed by atoms with van der Waals surface area (Å²) >= 11 is 1.38. The number of thiazole rings is 1. The minimum Gasteiger partial charge on any atom is -0.312 e. The van der Waals surface area contributed by atoms with Gasteiger partial charge in [-0.3, -0.25) is 14.4 Å². The number of carbonyl (C=O) groups excluding carboxylic acids is 2. The lowest BCUT2D eigenvalue weighted by Gasteiger charge is -2.26. The van der Waals surface area contributed by atoms with Crippen LogP contribution in [0.15, 0.2) is 47.3 Å². The number of nitrogens with one attached hydrogen (secondary N) is 1. The van der Waals surface area contributed by atoms with Crippen LogP contribution in [0.1, 0.15) is 42.5 Å². The number of aromatic nitrogens is 4. The van der Waals surface area contributed by atoms with Gasteiger partial charge in [-0.2, -0.15) is 0 Å². The van der Waals surface area contributed by atoms with Gasteiger partial charge >= 0.3 is 0 Å². The number of hydrogen-bond donors (Lipinski definition) is 1. The molecule has 1 saturated carbocycles. The molecule has 9 nitrogen and oxygen atoms in total. The second-order valence-corrected chi connectivity index (χ2v) is 11.2. The van der Waals surface area contributed by atoms with E-state index in [0.29, 0.717) is 16.0 Å². The van der Waals surface area contributed by atoms with Gasteiger partial charge in [-0.25, -0.2) is 9.67 Å².